The summed E-state index contributed by atoms with van der Waals surface area (Å²) < 4.78 is 35.6. The highest BCUT2D eigenvalue weighted by Crippen LogP contribution is 2.31. The van der Waals surface area contributed by atoms with Crippen LogP contribution >= 0.6 is 0 Å². The van der Waals surface area contributed by atoms with Gasteiger partial charge in [0.15, 0.2) is 0 Å². The molecule has 0 saturated carbocycles. The summed E-state index contributed by atoms with van der Waals surface area (Å²) in [5, 5.41) is 0. The fraction of sp³-hybridized carbons (Fsp3) is 0.333. The number of aromatic nitrogens is 1. The monoisotopic (exact) mass is 378 g/mol. The second-order valence-corrected chi connectivity index (χ2v) is 7.67. The van der Waals surface area contributed by atoms with Crippen LogP contribution in [0.15, 0.2) is 42.5 Å². The number of anilines is 1. The van der Waals surface area contributed by atoms with E-state index in [-0.39, 0.29) is 17.4 Å². The maximum atomic E-state index is 12.9. The van der Waals surface area contributed by atoms with Gasteiger partial charge < -0.3 is 9.47 Å². The second kappa shape index (κ2) is 8.18. The molecular formula is C18H22N2O5S. The number of sulfonamides is 1. The molecule has 2 aromatic rings. The SMILES string of the molecule is COc1ccc(N(C(=O)C(C)Cc2ccccc2)S(C)(=O)=O)c(OC)n1. The van der Waals surface area contributed by atoms with Crippen molar-refractivity contribution in [2.75, 3.05) is 24.8 Å². The molecule has 26 heavy (non-hydrogen) atoms. The lowest BCUT2D eigenvalue weighted by Gasteiger charge is -2.25. The van der Waals surface area contributed by atoms with Crippen molar-refractivity contribution in [1.29, 1.82) is 0 Å². The van der Waals surface area contributed by atoms with Gasteiger partial charge >= 0.3 is 0 Å². The Hall–Kier alpha value is -2.61. The van der Waals surface area contributed by atoms with E-state index in [0.29, 0.717) is 6.42 Å². The summed E-state index contributed by atoms with van der Waals surface area (Å²) in [4.78, 5) is 17.0. The number of carbonyl (C=O) groups excluding carboxylic acids is 1. The van der Waals surface area contributed by atoms with Gasteiger partial charge in [0.05, 0.1) is 20.5 Å². The van der Waals surface area contributed by atoms with E-state index in [1.807, 2.05) is 30.3 Å². The van der Waals surface area contributed by atoms with E-state index in [1.54, 1.807) is 6.92 Å². The number of methoxy groups -OCH3 is 2. The molecule has 1 aromatic heterocycles. The number of amides is 1. The third-order valence-corrected chi connectivity index (χ3v) is 4.81. The normalized spacial score (nSPS) is 12.3. The van der Waals surface area contributed by atoms with Crippen molar-refractivity contribution in [3.63, 3.8) is 0 Å². The van der Waals surface area contributed by atoms with Gasteiger partial charge in [-0.1, -0.05) is 37.3 Å². The number of nitrogens with zero attached hydrogens (tertiary/aromatic N) is 2. The molecule has 0 fully saturated rings. The maximum absolute atomic E-state index is 12.9. The molecule has 0 spiro atoms. The zero-order valence-corrected chi connectivity index (χ0v) is 16.0. The maximum Gasteiger partial charge on any atom is 0.244 e. The Balaban J connectivity index is 2.41. The molecule has 2 rings (SSSR count). The van der Waals surface area contributed by atoms with E-state index >= 15 is 0 Å². The number of pyridine rings is 1. The number of hydrogen-bond donors (Lipinski definition) is 0. The van der Waals surface area contributed by atoms with Crippen LogP contribution in [0.2, 0.25) is 0 Å². The van der Waals surface area contributed by atoms with Crippen molar-refractivity contribution >= 4 is 21.6 Å². The summed E-state index contributed by atoms with van der Waals surface area (Å²) in [5.41, 5.74) is 1.00. The van der Waals surface area contributed by atoms with Crippen LogP contribution in [0.1, 0.15) is 12.5 Å². The molecule has 1 unspecified atom stereocenters. The average molecular weight is 378 g/mol. The average Bonchev–Trinajstić information content (AvgIpc) is 2.61. The topological polar surface area (TPSA) is 85.8 Å². The Bertz CT molecular complexity index is 868. The van der Waals surface area contributed by atoms with Gasteiger partial charge in [-0.25, -0.2) is 12.7 Å². The van der Waals surface area contributed by atoms with E-state index in [2.05, 4.69) is 4.98 Å². The quantitative estimate of drug-likeness (QED) is 0.735. The Labute approximate surface area is 153 Å². The number of rotatable bonds is 7. The highest BCUT2D eigenvalue weighted by atomic mass is 32.2. The Kier molecular flexibility index (Phi) is 6.20. The van der Waals surface area contributed by atoms with E-state index in [1.165, 1.54) is 26.4 Å². The Morgan fingerprint density at radius 1 is 1.12 bits per heavy atom. The molecule has 7 nitrogen and oxygen atoms in total. The Morgan fingerprint density at radius 3 is 2.31 bits per heavy atom. The highest BCUT2D eigenvalue weighted by molar-refractivity contribution is 7.92. The van der Waals surface area contributed by atoms with Gasteiger partial charge in [-0.2, -0.15) is 4.98 Å². The van der Waals surface area contributed by atoms with Crippen molar-refractivity contribution < 1.29 is 22.7 Å². The summed E-state index contributed by atoms with van der Waals surface area (Å²) in [5.74, 6) is -0.862. The van der Waals surface area contributed by atoms with Crippen molar-refractivity contribution in [3.8, 4) is 11.8 Å². The summed E-state index contributed by atoms with van der Waals surface area (Å²) in [6.45, 7) is 1.69. The zero-order valence-electron chi connectivity index (χ0n) is 15.2. The standard InChI is InChI=1S/C18H22N2O5S/c1-13(12-14-8-6-5-7-9-14)18(21)20(26(4,22)23)15-10-11-16(24-2)19-17(15)25-3/h5-11,13H,12H2,1-4H3. The van der Waals surface area contributed by atoms with E-state index in [0.717, 1.165) is 16.1 Å². The second-order valence-electron chi connectivity index (χ2n) is 5.84. The summed E-state index contributed by atoms with van der Waals surface area (Å²) >= 11 is 0. The summed E-state index contributed by atoms with van der Waals surface area (Å²) in [6.07, 6.45) is 1.39. The smallest absolute Gasteiger partial charge is 0.244 e. The lowest BCUT2D eigenvalue weighted by molar-refractivity contribution is -0.120. The van der Waals surface area contributed by atoms with E-state index in [9.17, 15) is 13.2 Å². The molecule has 0 aliphatic carbocycles. The number of ether oxygens (including phenoxy) is 2. The fourth-order valence-electron chi connectivity index (χ4n) is 2.55. The molecule has 140 valence electrons. The molecule has 0 radical (unpaired) electrons. The van der Waals surface area contributed by atoms with Crippen LogP contribution in [0.25, 0.3) is 0 Å². The van der Waals surface area contributed by atoms with Crippen LogP contribution < -0.4 is 13.8 Å². The van der Waals surface area contributed by atoms with Crippen molar-refractivity contribution in [1.82, 2.24) is 4.98 Å². The van der Waals surface area contributed by atoms with Crippen LogP contribution in [0.3, 0.4) is 0 Å². The predicted octanol–water partition coefficient (Wildman–Crippen LogP) is 2.27. The third-order valence-electron chi connectivity index (χ3n) is 3.77. The van der Waals surface area contributed by atoms with E-state index in [4.69, 9.17) is 9.47 Å². The third kappa shape index (κ3) is 4.51. The van der Waals surface area contributed by atoms with Gasteiger partial charge in [-0.05, 0) is 18.1 Å². The molecule has 1 heterocycles. The highest BCUT2D eigenvalue weighted by Gasteiger charge is 2.32. The van der Waals surface area contributed by atoms with Crippen LogP contribution in [-0.4, -0.2) is 39.8 Å². The van der Waals surface area contributed by atoms with Crippen molar-refractivity contribution in [3.05, 3.63) is 48.0 Å². The molecule has 1 aromatic carbocycles. The van der Waals surface area contributed by atoms with E-state index < -0.39 is 21.8 Å². The molecule has 0 bridgehead atoms. The van der Waals surface area contributed by atoms with Gasteiger partial charge in [0.2, 0.25) is 27.7 Å². The van der Waals surface area contributed by atoms with Gasteiger partial charge in [0.1, 0.15) is 5.69 Å². The van der Waals surface area contributed by atoms with Crippen LogP contribution in [0.4, 0.5) is 5.69 Å². The van der Waals surface area contributed by atoms with Gasteiger partial charge in [0.25, 0.3) is 0 Å². The minimum Gasteiger partial charge on any atom is -0.481 e. The predicted molar refractivity (Wildman–Crippen MR) is 99.0 cm³/mol. The van der Waals surface area contributed by atoms with Gasteiger partial charge in [0, 0.05) is 12.0 Å². The Morgan fingerprint density at radius 2 is 1.77 bits per heavy atom. The minimum absolute atomic E-state index is 0.00460. The first kappa shape index (κ1) is 19.7. The van der Waals surface area contributed by atoms with Gasteiger partial charge in [-0.15, -0.1) is 0 Å². The number of benzene rings is 1. The van der Waals surface area contributed by atoms with Crippen LogP contribution in [0.5, 0.6) is 11.8 Å². The first-order valence-electron chi connectivity index (χ1n) is 7.95. The summed E-state index contributed by atoms with van der Waals surface area (Å²) in [7, 11) is -1.10. The number of carbonyl (C=O) groups is 1. The number of hydrogen-bond acceptors (Lipinski definition) is 6. The van der Waals surface area contributed by atoms with Crippen LogP contribution in [0, 0.1) is 5.92 Å². The lowest BCUT2D eigenvalue weighted by atomic mass is 10.0. The molecule has 0 aliphatic heterocycles. The molecule has 8 heteroatoms. The minimum atomic E-state index is -3.88. The molecule has 0 aliphatic rings. The van der Waals surface area contributed by atoms with Crippen molar-refractivity contribution in [2.24, 2.45) is 5.92 Å². The van der Waals surface area contributed by atoms with Crippen molar-refractivity contribution in [2.45, 2.75) is 13.3 Å². The van der Waals surface area contributed by atoms with Crippen LogP contribution in [-0.2, 0) is 21.2 Å². The molecular weight excluding hydrogens is 356 g/mol. The molecule has 0 N–H and O–H groups in total. The van der Waals surface area contributed by atoms with Gasteiger partial charge in [-0.3, -0.25) is 4.79 Å². The molecule has 1 atom stereocenters. The fourth-order valence-corrected chi connectivity index (χ4v) is 3.55. The first-order valence-corrected chi connectivity index (χ1v) is 9.79. The first-order chi connectivity index (χ1) is 12.3. The zero-order chi connectivity index (χ0) is 19.3. The lowest BCUT2D eigenvalue weighted by Crippen LogP contribution is -2.40. The molecule has 1 amide bonds. The largest absolute Gasteiger partial charge is 0.481 e. The molecule has 0 saturated heterocycles. The summed E-state index contributed by atoms with van der Waals surface area (Å²) in [6, 6.07) is 12.3.